The van der Waals surface area contributed by atoms with E-state index >= 15 is 0 Å². The molecule has 5 heteroatoms. The summed E-state index contributed by atoms with van der Waals surface area (Å²) in [5.41, 5.74) is 9.37. The van der Waals surface area contributed by atoms with Crippen molar-refractivity contribution in [2.75, 3.05) is 20.8 Å². The van der Waals surface area contributed by atoms with Crippen molar-refractivity contribution in [3.05, 3.63) is 29.3 Å². The van der Waals surface area contributed by atoms with E-state index in [4.69, 9.17) is 15.2 Å². The van der Waals surface area contributed by atoms with Crippen LogP contribution in [0.5, 0.6) is 5.75 Å². The van der Waals surface area contributed by atoms with E-state index in [-0.39, 0.29) is 5.97 Å². The normalized spacial score (nSPS) is 32.5. The number of nitrogens with two attached hydrogens (primary N) is 1. The number of hydrogen-bond acceptors (Lipinski definition) is 5. The maximum absolute atomic E-state index is 11.4. The van der Waals surface area contributed by atoms with Crippen molar-refractivity contribution in [3.63, 3.8) is 0 Å². The molecule has 3 aliphatic carbocycles. The van der Waals surface area contributed by atoms with Crippen LogP contribution in [0.25, 0.3) is 0 Å². The molecule has 0 aliphatic heterocycles. The summed E-state index contributed by atoms with van der Waals surface area (Å²) in [5, 5.41) is 3.89. The number of nitrogens with one attached hydrogen (secondary N) is 1. The number of esters is 1. The highest BCUT2D eigenvalue weighted by atomic mass is 16.5. The van der Waals surface area contributed by atoms with Crippen molar-refractivity contribution in [2.24, 2.45) is 23.0 Å². The van der Waals surface area contributed by atoms with Crippen LogP contribution in [0.15, 0.2) is 18.2 Å². The minimum absolute atomic E-state index is 0.302. The van der Waals surface area contributed by atoms with E-state index in [0.29, 0.717) is 17.9 Å². The third-order valence-corrected chi connectivity index (χ3v) is 8.77. The van der Waals surface area contributed by atoms with Gasteiger partial charge in [0.25, 0.3) is 0 Å². The van der Waals surface area contributed by atoms with E-state index in [1.54, 1.807) is 12.7 Å². The molecule has 6 atom stereocenters. The Kier molecular flexibility index (Phi) is 6.92. The molecule has 1 aromatic rings. The summed E-state index contributed by atoms with van der Waals surface area (Å²) in [7, 11) is 3.16. The summed E-state index contributed by atoms with van der Waals surface area (Å²) in [6.45, 7) is 3.56. The smallest absolute Gasteiger partial charge is 0.322 e. The van der Waals surface area contributed by atoms with Gasteiger partial charge in [-0.1, -0.05) is 19.4 Å². The SMILES string of the molecule is COC(=O)C(N)CCCCNC1CCC2C3CCc4cc(OC)ccc4C3CCC12C. The van der Waals surface area contributed by atoms with Crippen LogP contribution in [-0.2, 0) is 16.0 Å². The molecule has 3 N–H and O–H groups in total. The summed E-state index contributed by atoms with van der Waals surface area (Å²) in [6, 6.07) is 6.90. The second-order valence-electron chi connectivity index (χ2n) is 10.2. The zero-order valence-electron chi connectivity index (χ0n) is 19.5. The topological polar surface area (TPSA) is 73.6 Å². The Labute approximate surface area is 187 Å². The molecular weight excluding hydrogens is 388 g/mol. The molecule has 31 heavy (non-hydrogen) atoms. The highest BCUT2D eigenvalue weighted by molar-refractivity contribution is 5.75. The molecule has 0 amide bonds. The molecule has 0 aromatic heterocycles. The van der Waals surface area contributed by atoms with Crippen molar-refractivity contribution in [3.8, 4) is 5.75 Å². The van der Waals surface area contributed by atoms with Crippen LogP contribution in [0.4, 0.5) is 0 Å². The number of carbonyl (C=O) groups is 1. The zero-order valence-corrected chi connectivity index (χ0v) is 19.5. The summed E-state index contributed by atoms with van der Waals surface area (Å²) < 4.78 is 10.2. The predicted octanol–water partition coefficient (Wildman–Crippen LogP) is 4.18. The van der Waals surface area contributed by atoms with Gasteiger partial charge in [0, 0.05) is 6.04 Å². The Hall–Kier alpha value is -1.59. The number of benzene rings is 1. The van der Waals surface area contributed by atoms with E-state index in [2.05, 4.69) is 30.4 Å². The second kappa shape index (κ2) is 9.50. The van der Waals surface area contributed by atoms with E-state index < -0.39 is 6.04 Å². The first-order valence-electron chi connectivity index (χ1n) is 12.2. The van der Waals surface area contributed by atoms with E-state index in [9.17, 15) is 4.79 Å². The lowest BCUT2D eigenvalue weighted by molar-refractivity contribution is -0.142. The minimum atomic E-state index is -0.484. The monoisotopic (exact) mass is 428 g/mol. The van der Waals surface area contributed by atoms with Crippen molar-refractivity contribution in [1.82, 2.24) is 5.32 Å². The van der Waals surface area contributed by atoms with Crippen LogP contribution >= 0.6 is 0 Å². The molecule has 2 saturated carbocycles. The molecule has 0 bridgehead atoms. The Balaban J connectivity index is 1.32. The molecule has 172 valence electrons. The van der Waals surface area contributed by atoms with Crippen LogP contribution in [0, 0.1) is 17.3 Å². The first-order chi connectivity index (χ1) is 15.0. The Bertz CT molecular complexity index is 782. The molecular formula is C26H40N2O3. The van der Waals surface area contributed by atoms with Crippen LogP contribution in [0.3, 0.4) is 0 Å². The van der Waals surface area contributed by atoms with E-state index in [0.717, 1.165) is 42.9 Å². The van der Waals surface area contributed by atoms with Crippen molar-refractivity contribution >= 4 is 5.97 Å². The van der Waals surface area contributed by atoms with Gasteiger partial charge in [0.1, 0.15) is 11.8 Å². The molecule has 2 fully saturated rings. The summed E-state index contributed by atoms with van der Waals surface area (Å²) >= 11 is 0. The van der Waals surface area contributed by atoms with Crippen LogP contribution in [0.1, 0.15) is 75.3 Å². The van der Waals surface area contributed by atoms with Crippen LogP contribution < -0.4 is 15.8 Å². The van der Waals surface area contributed by atoms with Gasteiger partial charge in [0.2, 0.25) is 0 Å². The standard InChI is InChI=1S/C26H40N2O3/c1-26-14-13-20-19-10-8-18(30-2)16-17(19)7-9-21(20)22(26)11-12-24(26)28-15-5-4-6-23(27)25(29)31-3/h8,10,16,20-24,28H,4-7,9,11-15,27H2,1-3H3. The highest BCUT2D eigenvalue weighted by Gasteiger charge is 2.54. The molecule has 0 radical (unpaired) electrons. The number of rotatable bonds is 8. The predicted molar refractivity (Wildman–Crippen MR) is 123 cm³/mol. The Morgan fingerprint density at radius 1 is 1.23 bits per heavy atom. The molecule has 3 aliphatic rings. The number of unbranched alkanes of at least 4 members (excludes halogenated alkanes) is 1. The first-order valence-corrected chi connectivity index (χ1v) is 12.2. The number of hydrogen-bond donors (Lipinski definition) is 2. The maximum atomic E-state index is 11.4. The van der Waals surface area contributed by atoms with Gasteiger partial charge in [-0.2, -0.15) is 0 Å². The number of methoxy groups -OCH3 is 2. The fraction of sp³-hybridized carbons (Fsp3) is 0.731. The van der Waals surface area contributed by atoms with Gasteiger partial charge in [0.05, 0.1) is 14.2 Å². The fourth-order valence-corrected chi connectivity index (χ4v) is 7.06. The molecule has 4 rings (SSSR count). The number of carbonyl (C=O) groups excluding carboxylic acids is 1. The minimum Gasteiger partial charge on any atom is -0.497 e. The van der Waals surface area contributed by atoms with Crippen molar-refractivity contribution in [2.45, 2.75) is 82.7 Å². The molecule has 5 nitrogen and oxygen atoms in total. The maximum Gasteiger partial charge on any atom is 0.322 e. The average molecular weight is 429 g/mol. The quantitative estimate of drug-likeness (QED) is 0.480. The van der Waals surface area contributed by atoms with Gasteiger partial charge < -0.3 is 20.5 Å². The first kappa shape index (κ1) is 22.6. The number of fused-ring (bicyclic) bond motifs is 5. The molecule has 0 spiro atoms. The summed E-state index contributed by atoms with van der Waals surface area (Å²) in [5.74, 6) is 3.07. The van der Waals surface area contributed by atoms with Crippen molar-refractivity contribution in [1.29, 1.82) is 0 Å². The van der Waals surface area contributed by atoms with E-state index in [1.165, 1.54) is 51.2 Å². The van der Waals surface area contributed by atoms with E-state index in [1.807, 2.05) is 0 Å². The molecule has 1 aromatic carbocycles. The van der Waals surface area contributed by atoms with Gasteiger partial charge in [-0.15, -0.1) is 0 Å². The number of aryl methyl sites for hydroxylation is 1. The average Bonchev–Trinajstić information content (AvgIpc) is 3.13. The van der Waals surface area contributed by atoms with Gasteiger partial charge in [-0.3, -0.25) is 4.79 Å². The largest absolute Gasteiger partial charge is 0.497 e. The highest BCUT2D eigenvalue weighted by Crippen LogP contribution is 2.60. The lowest BCUT2D eigenvalue weighted by Gasteiger charge is -2.51. The van der Waals surface area contributed by atoms with Crippen molar-refractivity contribution < 1.29 is 14.3 Å². The van der Waals surface area contributed by atoms with Gasteiger partial charge in [-0.05, 0) is 104 Å². The Morgan fingerprint density at radius 2 is 2.06 bits per heavy atom. The molecule has 0 heterocycles. The molecule has 0 saturated heterocycles. The van der Waals surface area contributed by atoms with Gasteiger partial charge in [0.15, 0.2) is 0 Å². The third kappa shape index (κ3) is 4.36. The van der Waals surface area contributed by atoms with Crippen LogP contribution in [0.2, 0.25) is 0 Å². The van der Waals surface area contributed by atoms with Crippen LogP contribution in [-0.4, -0.2) is 38.8 Å². The lowest BCUT2D eigenvalue weighted by Crippen LogP contribution is -2.48. The second-order valence-corrected chi connectivity index (χ2v) is 10.2. The summed E-state index contributed by atoms with van der Waals surface area (Å²) in [4.78, 5) is 11.4. The van der Waals surface area contributed by atoms with Gasteiger partial charge in [-0.25, -0.2) is 0 Å². The lowest BCUT2D eigenvalue weighted by atomic mass is 9.55. The summed E-state index contributed by atoms with van der Waals surface area (Å²) in [6.07, 6.45) is 10.5. The van der Waals surface area contributed by atoms with Gasteiger partial charge >= 0.3 is 5.97 Å². The fourth-order valence-electron chi connectivity index (χ4n) is 7.06. The molecule has 6 unspecified atom stereocenters. The number of ether oxygens (including phenoxy) is 2. The zero-order chi connectivity index (χ0) is 22.0. The third-order valence-electron chi connectivity index (χ3n) is 8.77. The Morgan fingerprint density at radius 3 is 2.84 bits per heavy atom.